The fourth-order valence-corrected chi connectivity index (χ4v) is 1.62. The van der Waals surface area contributed by atoms with Gasteiger partial charge in [0.1, 0.15) is 5.65 Å². The zero-order chi connectivity index (χ0) is 10.8. The highest BCUT2D eigenvalue weighted by Crippen LogP contribution is 2.16. The largest absolute Gasteiger partial charge is 0.396 e. The van der Waals surface area contributed by atoms with E-state index in [0.29, 0.717) is 11.4 Å². The van der Waals surface area contributed by atoms with Crippen LogP contribution < -0.4 is 5.73 Å². The van der Waals surface area contributed by atoms with Gasteiger partial charge in [0.2, 0.25) is 0 Å². The van der Waals surface area contributed by atoms with Crippen molar-refractivity contribution in [2.45, 2.75) is 12.5 Å². The third-order valence-corrected chi connectivity index (χ3v) is 2.48. The molecular formula is C10H12ClN3O. The van der Waals surface area contributed by atoms with Crippen LogP contribution in [0.2, 0.25) is 5.02 Å². The standard InChI is InChI=1S/C10H12ClN3O/c11-7-1-2-10-13-9(6-14(10)5-7)8(12)3-4-15/h1-2,5-6,8,15H,3-4,12H2/t8-/m1/s1. The Morgan fingerprint density at radius 3 is 3.00 bits per heavy atom. The number of aromatic nitrogens is 2. The molecule has 0 aliphatic heterocycles. The molecular weight excluding hydrogens is 214 g/mol. The molecule has 0 bridgehead atoms. The fourth-order valence-electron chi connectivity index (χ4n) is 1.45. The van der Waals surface area contributed by atoms with Gasteiger partial charge in [-0.25, -0.2) is 4.98 Å². The summed E-state index contributed by atoms with van der Waals surface area (Å²) in [4.78, 5) is 4.34. The smallest absolute Gasteiger partial charge is 0.137 e. The molecule has 5 heteroatoms. The molecule has 80 valence electrons. The predicted octanol–water partition coefficient (Wildman–Crippen LogP) is 1.37. The molecule has 2 aromatic heterocycles. The monoisotopic (exact) mass is 225 g/mol. The van der Waals surface area contributed by atoms with Gasteiger partial charge in [-0.1, -0.05) is 11.6 Å². The summed E-state index contributed by atoms with van der Waals surface area (Å²) in [5.74, 6) is 0. The van der Waals surface area contributed by atoms with Crippen LogP contribution in [-0.4, -0.2) is 21.1 Å². The van der Waals surface area contributed by atoms with E-state index in [0.717, 1.165) is 11.3 Å². The van der Waals surface area contributed by atoms with E-state index in [1.54, 1.807) is 12.3 Å². The maximum Gasteiger partial charge on any atom is 0.137 e. The van der Waals surface area contributed by atoms with Crippen LogP contribution in [0.4, 0.5) is 0 Å². The van der Waals surface area contributed by atoms with Crippen molar-refractivity contribution in [2.75, 3.05) is 6.61 Å². The van der Waals surface area contributed by atoms with E-state index in [9.17, 15) is 0 Å². The summed E-state index contributed by atoms with van der Waals surface area (Å²) in [6.45, 7) is 0.0653. The number of halogens is 1. The summed E-state index contributed by atoms with van der Waals surface area (Å²) < 4.78 is 1.83. The van der Waals surface area contributed by atoms with Gasteiger partial charge in [0, 0.05) is 19.0 Å². The number of nitrogens with zero attached hydrogens (tertiary/aromatic N) is 2. The highest BCUT2D eigenvalue weighted by Gasteiger charge is 2.09. The minimum absolute atomic E-state index is 0.0653. The third kappa shape index (κ3) is 2.12. The molecule has 0 saturated heterocycles. The molecule has 2 heterocycles. The minimum atomic E-state index is -0.228. The van der Waals surface area contributed by atoms with Crippen molar-refractivity contribution < 1.29 is 5.11 Å². The van der Waals surface area contributed by atoms with Gasteiger partial charge in [0.05, 0.1) is 16.8 Å². The molecule has 2 rings (SSSR count). The molecule has 0 aromatic carbocycles. The van der Waals surface area contributed by atoms with Crippen molar-refractivity contribution in [3.05, 3.63) is 35.2 Å². The Hall–Kier alpha value is -1.10. The lowest BCUT2D eigenvalue weighted by Gasteiger charge is -2.04. The molecule has 15 heavy (non-hydrogen) atoms. The van der Waals surface area contributed by atoms with Crippen LogP contribution in [-0.2, 0) is 0 Å². The minimum Gasteiger partial charge on any atom is -0.396 e. The van der Waals surface area contributed by atoms with E-state index in [-0.39, 0.29) is 12.6 Å². The van der Waals surface area contributed by atoms with Crippen LogP contribution in [0.5, 0.6) is 0 Å². The molecule has 0 unspecified atom stereocenters. The van der Waals surface area contributed by atoms with E-state index in [1.165, 1.54) is 0 Å². The normalized spacial score (nSPS) is 13.3. The van der Waals surface area contributed by atoms with E-state index in [1.807, 2.05) is 16.7 Å². The van der Waals surface area contributed by atoms with Crippen LogP contribution in [0.25, 0.3) is 5.65 Å². The maximum atomic E-state index is 8.78. The number of aliphatic hydroxyl groups is 1. The molecule has 0 aliphatic carbocycles. The molecule has 2 aromatic rings. The summed E-state index contributed by atoms with van der Waals surface area (Å²) >= 11 is 5.85. The second-order valence-corrected chi connectivity index (χ2v) is 3.83. The predicted molar refractivity (Wildman–Crippen MR) is 58.8 cm³/mol. The molecule has 0 amide bonds. The number of hydrogen-bond acceptors (Lipinski definition) is 3. The van der Waals surface area contributed by atoms with Gasteiger partial charge in [-0.15, -0.1) is 0 Å². The van der Waals surface area contributed by atoms with Gasteiger partial charge in [-0.3, -0.25) is 0 Å². The quantitative estimate of drug-likeness (QED) is 0.829. The first-order chi connectivity index (χ1) is 7.20. The molecule has 4 nitrogen and oxygen atoms in total. The summed E-state index contributed by atoms with van der Waals surface area (Å²) in [7, 11) is 0. The van der Waals surface area contributed by atoms with Gasteiger partial charge in [0.25, 0.3) is 0 Å². The molecule has 3 N–H and O–H groups in total. The molecule has 0 saturated carbocycles. The highest BCUT2D eigenvalue weighted by molar-refractivity contribution is 6.30. The number of nitrogens with two attached hydrogens (primary N) is 1. The van der Waals surface area contributed by atoms with Crippen LogP contribution >= 0.6 is 11.6 Å². The molecule has 0 fully saturated rings. The first kappa shape index (κ1) is 10.4. The topological polar surface area (TPSA) is 63.5 Å². The maximum absolute atomic E-state index is 8.78. The van der Waals surface area contributed by atoms with Gasteiger partial charge < -0.3 is 15.2 Å². The average molecular weight is 226 g/mol. The summed E-state index contributed by atoms with van der Waals surface area (Å²) in [6.07, 6.45) is 4.12. The summed E-state index contributed by atoms with van der Waals surface area (Å²) in [5, 5.41) is 9.44. The van der Waals surface area contributed by atoms with Crippen molar-refractivity contribution in [3.63, 3.8) is 0 Å². The van der Waals surface area contributed by atoms with Crippen molar-refractivity contribution in [2.24, 2.45) is 5.73 Å². The fraction of sp³-hybridized carbons (Fsp3) is 0.300. The lowest BCUT2D eigenvalue weighted by molar-refractivity contribution is 0.276. The second-order valence-electron chi connectivity index (χ2n) is 3.40. The molecule has 0 aliphatic rings. The number of imidazole rings is 1. The van der Waals surface area contributed by atoms with Crippen LogP contribution in [0.3, 0.4) is 0 Å². The van der Waals surface area contributed by atoms with Crippen LogP contribution in [0.15, 0.2) is 24.5 Å². The number of aliphatic hydroxyl groups excluding tert-OH is 1. The Balaban J connectivity index is 2.38. The second kappa shape index (κ2) is 4.18. The lowest BCUT2D eigenvalue weighted by Crippen LogP contribution is -2.12. The lowest BCUT2D eigenvalue weighted by atomic mass is 10.2. The SMILES string of the molecule is N[C@H](CCO)c1cn2cc(Cl)ccc2n1. The molecule has 0 radical (unpaired) electrons. The first-order valence-electron chi connectivity index (χ1n) is 4.71. The van der Waals surface area contributed by atoms with Crippen molar-refractivity contribution in [1.82, 2.24) is 9.38 Å². The molecule has 0 spiro atoms. The number of fused-ring (bicyclic) bond motifs is 1. The Morgan fingerprint density at radius 1 is 1.47 bits per heavy atom. The Labute approximate surface area is 92.3 Å². The number of hydrogen-bond donors (Lipinski definition) is 2. The van der Waals surface area contributed by atoms with Gasteiger partial charge in [-0.05, 0) is 18.6 Å². The molecule has 1 atom stereocenters. The van der Waals surface area contributed by atoms with E-state index in [2.05, 4.69) is 4.98 Å². The average Bonchev–Trinajstić information content (AvgIpc) is 2.60. The Morgan fingerprint density at radius 2 is 2.27 bits per heavy atom. The number of rotatable bonds is 3. The summed E-state index contributed by atoms with van der Waals surface area (Å²) in [5.41, 5.74) is 7.42. The highest BCUT2D eigenvalue weighted by atomic mass is 35.5. The van der Waals surface area contributed by atoms with Crippen LogP contribution in [0.1, 0.15) is 18.2 Å². The zero-order valence-corrected chi connectivity index (χ0v) is 8.85. The summed E-state index contributed by atoms with van der Waals surface area (Å²) in [6, 6.07) is 3.39. The number of pyridine rings is 1. The van der Waals surface area contributed by atoms with E-state index in [4.69, 9.17) is 22.4 Å². The van der Waals surface area contributed by atoms with Crippen molar-refractivity contribution in [1.29, 1.82) is 0 Å². The van der Waals surface area contributed by atoms with Gasteiger partial charge in [0.15, 0.2) is 0 Å². The van der Waals surface area contributed by atoms with E-state index < -0.39 is 0 Å². The van der Waals surface area contributed by atoms with Crippen molar-refractivity contribution in [3.8, 4) is 0 Å². The van der Waals surface area contributed by atoms with Crippen molar-refractivity contribution >= 4 is 17.2 Å². The van der Waals surface area contributed by atoms with Gasteiger partial charge in [-0.2, -0.15) is 0 Å². The van der Waals surface area contributed by atoms with Gasteiger partial charge >= 0.3 is 0 Å². The van der Waals surface area contributed by atoms with Crippen LogP contribution in [0, 0.1) is 0 Å². The first-order valence-corrected chi connectivity index (χ1v) is 5.09. The Kier molecular flexibility index (Phi) is 2.90. The van der Waals surface area contributed by atoms with E-state index >= 15 is 0 Å². The zero-order valence-electron chi connectivity index (χ0n) is 8.10. The Bertz CT molecular complexity index is 469. The third-order valence-electron chi connectivity index (χ3n) is 2.25.